The van der Waals surface area contributed by atoms with E-state index in [1.165, 1.54) is 6.33 Å². The summed E-state index contributed by atoms with van der Waals surface area (Å²) in [5.74, 6) is 2.69. The van der Waals surface area contributed by atoms with Crippen molar-refractivity contribution in [2.75, 3.05) is 0 Å². The van der Waals surface area contributed by atoms with Crippen LogP contribution in [-0.4, -0.2) is 21.1 Å². The summed E-state index contributed by atoms with van der Waals surface area (Å²) < 4.78 is 0. The van der Waals surface area contributed by atoms with Crippen molar-refractivity contribution in [2.45, 2.75) is 19.4 Å². The summed E-state index contributed by atoms with van der Waals surface area (Å²) in [6.07, 6.45) is 6.45. The molecule has 1 aromatic heterocycles. The van der Waals surface area contributed by atoms with Crippen LogP contribution in [0.3, 0.4) is 0 Å². The van der Waals surface area contributed by atoms with Crippen LogP contribution in [-0.2, 0) is 4.79 Å². The lowest BCUT2D eigenvalue weighted by Crippen LogP contribution is -2.26. The Morgan fingerprint density at radius 1 is 1.92 bits per heavy atom. The van der Waals surface area contributed by atoms with Crippen molar-refractivity contribution in [3.8, 4) is 12.3 Å². The second-order valence-electron chi connectivity index (χ2n) is 2.54. The number of amides is 1. The molecule has 0 aliphatic carbocycles. The molecule has 0 radical (unpaired) electrons. The zero-order valence-electron chi connectivity index (χ0n) is 7.24. The highest BCUT2D eigenvalue weighted by molar-refractivity contribution is 5.78. The highest BCUT2D eigenvalue weighted by Gasteiger charge is 2.10. The first-order chi connectivity index (χ1) is 6.24. The second kappa shape index (κ2) is 4.26. The predicted octanol–water partition coefficient (Wildman–Crippen LogP) is 0.00520. The zero-order chi connectivity index (χ0) is 9.68. The molecule has 0 bridgehead atoms. The molecule has 0 spiro atoms. The predicted molar refractivity (Wildman–Crippen MR) is 46.4 cm³/mol. The third-order valence-electron chi connectivity index (χ3n) is 1.48. The lowest BCUT2D eigenvalue weighted by atomic mass is 10.3. The number of hydrogen-bond donors (Lipinski definition) is 2. The van der Waals surface area contributed by atoms with Gasteiger partial charge in [0.15, 0.2) is 0 Å². The van der Waals surface area contributed by atoms with E-state index in [9.17, 15) is 4.79 Å². The smallest absolute Gasteiger partial charge is 0.232 e. The normalized spacial score (nSPS) is 11.7. The van der Waals surface area contributed by atoms with Gasteiger partial charge in [-0.3, -0.25) is 9.89 Å². The van der Waals surface area contributed by atoms with Gasteiger partial charge in [-0.15, -0.1) is 6.42 Å². The Hall–Kier alpha value is -1.83. The van der Waals surface area contributed by atoms with Crippen molar-refractivity contribution in [3.63, 3.8) is 0 Å². The molecule has 1 rings (SSSR count). The average Bonchev–Trinajstić information content (AvgIpc) is 2.55. The van der Waals surface area contributed by atoms with Gasteiger partial charge in [0.2, 0.25) is 5.91 Å². The second-order valence-corrected chi connectivity index (χ2v) is 2.54. The number of nitrogens with zero attached hydrogens (tertiary/aromatic N) is 2. The largest absolute Gasteiger partial charge is 0.346 e. The van der Waals surface area contributed by atoms with Crippen LogP contribution in [0.5, 0.6) is 0 Å². The quantitative estimate of drug-likeness (QED) is 0.640. The minimum absolute atomic E-state index is 0.0818. The standard InChI is InChI=1S/C8H10N4O/c1-3-4-7(13)11-6(2)8-9-5-10-12-8/h1,5-6H,4H2,2H3,(H,11,13)(H,9,10,12). The van der Waals surface area contributed by atoms with Gasteiger partial charge in [0, 0.05) is 0 Å². The van der Waals surface area contributed by atoms with E-state index < -0.39 is 0 Å². The Labute approximate surface area is 75.9 Å². The van der Waals surface area contributed by atoms with Crippen molar-refractivity contribution in [1.82, 2.24) is 20.5 Å². The van der Waals surface area contributed by atoms with E-state index in [1.807, 2.05) is 0 Å². The van der Waals surface area contributed by atoms with Crippen molar-refractivity contribution in [3.05, 3.63) is 12.2 Å². The maximum absolute atomic E-state index is 11.0. The summed E-state index contributed by atoms with van der Waals surface area (Å²) in [6.45, 7) is 1.80. The number of aromatic nitrogens is 3. The van der Waals surface area contributed by atoms with Gasteiger partial charge in [-0.25, -0.2) is 4.98 Å². The molecule has 5 nitrogen and oxygen atoms in total. The molecule has 1 amide bonds. The van der Waals surface area contributed by atoms with Crippen LogP contribution >= 0.6 is 0 Å². The first kappa shape index (κ1) is 9.26. The number of terminal acetylenes is 1. The van der Waals surface area contributed by atoms with Gasteiger partial charge in [-0.2, -0.15) is 5.10 Å². The van der Waals surface area contributed by atoms with Gasteiger partial charge in [0.1, 0.15) is 12.2 Å². The fourth-order valence-corrected chi connectivity index (χ4v) is 0.877. The SMILES string of the molecule is C#CCC(=O)NC(C)c1ncn[nH]1. The van der Waals surface area contributed by atoms with E-state index >= 15 is 0 Å². The number of carbonyl (C=O) groups excluding carboxylic acids is 1. The lowest BCUT2D eigenvalue weighted by Gasteiger charge is -2.08. The van der Waals surface area contributed by atoms with Crippen LogP contribution in [0, 0.1) is 12.3 Å². The van der Waals surface area contributed by atoms with Crippen molar-refractivity contribution >= 4 is 5.91 Å². The molecule has 0 saturated heterocycles. The van der Waals surface area contributed by atoms with E-state index in [0.717, 1.165) is 0 Å². The fourth-order valence-electron chi connectivity index (χ4n) is 0.877. The zero-order valence-corrected chi connectivity index (χ0v) is 7.24. The Morgan fingerprint density at radius 3 is 3.23 bits per heavy atom. The number of hydrogen-bond acceptors (Lipinski definition) is 3. The van der Waals surface area contributed by atoms with E-state index in [-0.39, 0.29) is 18.4 Å². The van der Waals surface area contributed by atoms with Gasteiger partial charge in [-0.05, 0) is 6.92 Å². The molecule has 0 saturated carbocycles. The molecule has 0 fully saturated rings. The topological polar surface area (TPSA) is 70.7 Å². The van der Waals surface area contributed by atoms with E-state index in [4.69, 9.17) is 6.42 Å². The molecule has 1 atom stereocenters. The first-order valence-electron chi connectivity index (χ1n) is 3.82. The van der Waals surface area contributed by atoms with Gasteiger partial charge >= 0.3 is 0 Å². The Bertz CT molecular complexity index is 311. The van der Waals surface area contributed by atoms with Gasteiger partial charge in [0.25, 0.3) is 0 Å². The third kappa shape index (κ3) is 2.60. The monoisotopic (exact) mass is 178 g/mol. The van der Waals surface area contributed by atoms with Crippen LogP contribution in [0.25, 0.3) is 0 Å². The Balaban J connectivity index is 2.47. The molecule has 1 aromatic rings. The molecule has 0 aromatic carbocycles. The molecule has 5 heteroatoms. The Kier molecular flexibility index (Phi) is 3.03. The van der Waals surface area contributed by atoms with E-state index in [2.05, 4.69) is 26.4 Å². The number of rotatable bonds is 3. The molecule has 1 unspecified atom stereocenters. The van der Waals surface area contributed by atoms with Crippen LogP contribution in [0.1, 0.15) is 25.2 Å². The fraction of sp³-hybridized carbons (Fsp3) is 0.375. The maximum atomic E-state index is 11.0. The number of nitrogens with one attached hydrogen (secondary N) is 2. The van der Waals surface area contributed by atoms with Crippen LogP contribution < -0.4 is 5.32 Å². The molecular formula is C8H10N4O. The number of H-pyrrole nitrogens is 1. The maximum Gasteiger partial charge on any atom is 0.232 e. The highest BCUT2D eigenvalue weighted by Crippen LogP contribution is 2.03. The van der Waals surface area contributed by atoms with E-state index in [0.29, 0.717) is 5.82 Å². The summed E-state index contributed by atoms with van der Waals surface area (Å²) in [7, 11) is 0. The highest BCUT2D eigenvalue weighted by atomic mass is 16.1. The molecule has 0 aliphatic heterocycles. The van der Waals surface area contributed by atoms with Gasteiger partial charge in [-0.1, -0.05) is 5.92 Å². The van der Waals surface area contributed by atoms with Crippen molar-refractivity contribution in [1.29, 1.82) is 0 Å². The first-order valence-corrected chi connectivity index (χ1v) is 3.82. The number of aromatic amines is 1. The molecule has 1 heterocycles. The van der Waals surface area contributed by atoms with Crippen LogP contribution in [0.4, 0.5) is 0 Å². The minimum atomic E-state index is -0.191. The molecule has 0 aliphatic rings. The van der Waals surface area contributed by atoms with Gasteiger partial charge < -0.3 is 5.32 Å². The summed E-state index contributed by atoms with van der Waals surface area (Å²) in [6, 6.07) is -0.191. The summed E-state index contributed by atoms with van der Waals surface area (Å²) >= 11 is 0. The molecule has 68 valence electrons. The minimum Gasteiger partial charge on any atom is -0.346 e. The summed E-state index contributed by atoms with van der Waals surface area (Å²) in [4.78, 5) is 14.9. The van der Waals surface area contributed by atoms with Crippen molar-refractivity contribution < 1.29 is 4.79 Å². The molecule has 2 N–H and O–H groups in total. The molecular weight excluding hydrogens is 168 g/mol. The Morgan fingerprint density at radius 2 is 2.69 bits per heavy atom. The van der Waals surface area contributed by atoms with Crippen molar-refractivity contribution in [2.24, 2.45) is 0 Å². The third-order valence-corrected chi connectivity index (χ3v) is 1.48. The molecule has 13 heavy (non-hydrogen) atoms. The number of carbonyl (C=O) groups is 1. The average molecular weight is 178 g/mol. The summed E-state index contributed by atoms with van der Waals surface area (Å²) in [5.41, 5.74) is 0. The summed E-state index contributed by atoms with van der Waals surface area (Å²) in [5, 5.41) is 8.99. The van der Waals surface area contributed by atoms with Crippen LogP contribution in [0.2, 0.25) is 0 Å². The van der Waals surface area contributed by atoms with Gasteiger partial charge in [0.05, 0.1) is 12.5 Å². The van der Waals surface area contributed by atoms with E-state index in [1.54, 1.807) is 6.92 Å². The van der Waals surface area contributed by atoms with Crippen LogP contribution in [0.15, 0.2) is 6.33 Å². The lowest BCUT2D eigenvalue weighted by molar-refractivity contribution is -0.120.